The summed E-state index contributed by atoms with van der Waals surface area (Å²) >= 11 is 7.17. The van der Waals surface area contributed by atoms with Crippen LogP contribution >= 0.6 is 11.6 Å². The van der Waals surface area contributed by atoms with Crippen LogP contribution in [0.15, 0.2) is 67.0 Å². The van der Waals surface area contributed by atoms with Crippen LogP contribution < -0.4 is 14.8 Å². The van der Waals surface area contributed by atoms with Crippen molar-refractivity contribution >= 4 is 57.0 Å². The van der Waals surface area contributed by atoms with Crippen molar-refractivity contribution in [2.75, 3.05) is 33.6 Å². The molecule has 6 aromatic rings. The fourth-order valence-electron chi connectivity index (χ4n) is 9.38. The molecule has 0 atom stereocenters. The number of aliphatic carboxylic acids is 2. The van der Waals surface area contributed by atoms with Crippen LogP contribution in [0.3, 0.4) is 0 Å². The summed E-state index contributed by atoms with van der Waals surface area (Å²) in [5.41, 5.74) is 5.60. The molecule has 2 aliphatic carbocycles. The van der Waals surface area contributed by atoms with E-state index in [1.807, 2.05) is 56.6 Å². The molecule has 8 rings (SSSR count). The lowest BCUT2D eigenvalue weighted by atomic mass is 9.85. The van der Waals surface area contributed by atoms with Crippen LogP contribution in [0.5, 0.6) is 11.5 Å². The van der Waals surface area contributed by atoms with Gasteiger partial charge in [0.05, 0.1) is 65.2 Å². The predicted octanol–water partition coefficient (Wildman–Crippen LogP) is 9.53. The van der Waals surface area contributed by atoms with Gasteiger partial charge in [-0.05, 0) is 94.8 Å². The monoisotopic (exact) mass is 896 g/mol. The van der Waals surface area contributed by atoms with E-state index in [-0.39, 0.29) is 35.3 Å². The molecule has 3 aromatic carbocycles. The van der Waals surface area contributed by atoms with Gasteiger partial charge in [0, 0.05) is 54.5 Å². The maximum absolute atomic E-state index is 14.3. The molecule has 2 saturated carbocycles. The summed E-state index contributed by atoms with van der Waals surface area (Å²) in [6.07, 6.45) is 6.17. The van der Waals surface area contributed by atoms with Gasteiger partial charge in [0.1, 0.15) is 17.0 Å². The molecule has 14 nitrogen and oxygen atoms in total. The Labute approximate surface area is 374 Å². The summed E-state index contributed by atoms with van der Waals surface area (Å²) in [7, 11) is 7.25. The van der Waals surface area contributed by atoms with Gasteiger partial charge in [0.2, 0.25) is 0 Å². The molecular formula is C47H51ClF2N8O6. The van der Waals surface area contributed by atoms with Crippen molar-refractivity contribution in [3.05, 3.63) is 89.0 Å². The van der Waals surface area contributed by atoms with Crippen molar-refractivity contribution in [3.63, 3.8) is 0 Å². The van der Waals surface area contributed by atoms with Crippen molar-refractivity contribution in [1.29, 1.82) is 0 Å². The van der Waals surface area contributed by atoms with Gasteiger partial charge < -0.3 is 25.0 Å². The van der Waals surface area contributed by atoms with Crippen LogP contribution in [0.1, 0.15) is 74.7 Å². The first-order valence-electron chi connectivity index (χ1n) is 21.4. The largest absolute Gasteiger partial charge is 0.496 e. The van der Waals surface area contributed by atoms with Crippen molar-refractivity contribution in [3.8, 4) is 28.3 Å². The molecule has 17 heteroatoms. The average molecular weight is 897 g/mol. The summed E-state index contributed by atoms with van der Waals surface area (Å²) in [6.45, 7) is 1.03. The molecule has 3 heterocycles. The third-order valence-corrected chi connectivity index (χ3v) is 13.4. The average Bonchev–Trinajstić information content (AvgIpc) is 3.74. The minimum atomic E-state index is -2.94. The van der Waals surface area contributed by atoms with Crippen LogP contribution in [-0.2, 0) is 22.7 Å². The molecule has 0 unspecified atom stereocenters. The van der Waals surface area contributed by atoms with E-state index >= 15 is 0 Å². The number of benzene rings is 3. The molecule has 2 fully saturated rings. The number of carbonyl (C=O) groups is 2. The van der Waals surface area contributed by atoms with Crippen LogP contribution in [-0.4, -0.2) is 97.1 Å². The molecule has 0 aliphatic heterocycles. The van der Waals surface area contributed by atoms with E-state index in [1.54, 1.807) is 43.4 Å². The van der Waals surface area contributed by atoms with Gasteiger partial charge in [-0.1, -0.05) is 35.9 Å². The third-order valence-electron chi connectivity index (χ3n) is 13.0. The Kier molecular flexibility index (Phi) is 13.3. The molecular weight excluding hydrogens is 846 g/mol. The fraction of sp³-hybridized carbons (Fsp3) is 0.404. The Morgan fingerprint density at radius 2 is 1.42 bits per heavy atom. The number of carboxylic acids is 2. The molecule has 0 radical (unpaired) electrons. The number of nitrogens with one attached hydrogen (secondary N) is 1. The third kappa shape index (κ3) is 9.17. The van der Waals surface area contributed by atoms with Crippen LogP contribution in [0.4, 0.5) is 20.3 Å². The van der Waals surface area contributed by atoms with E-state index in [2.05, 4.69) is 30.1 Å². The summed E-state index contributed by atoms with van der Waals surface area (Å²) in [5, 5.41) is 28.0. The first-order chi connectivity index (χ1) is 30.8. The smallest absolute Gasteiger partial charge is 0.306 e. The first kappa shape index (κ1) is 44.6. The highest BCUT2D eigenvalue weighted by Crippen LogP contribution is 2.41. The number of nitrogens with zero attached hydrogens (tertiary/aromatic N) is 7. The zero-order valence-corrected chi connectivity index (χ0v) is 36.9. The van der Waals surface area contributed by atoms with Gasteiger partial charge in [-0.25, -0.2) is 23.4 Å². The molecule has 3 N–H and O–H groups in total. The van der Waals surface area contributed by atoms with Gasteiger partial charge in [0.15, 0.2) is 11.6 Å². The second-order valence-electron chi connectivity index (χ2n) is 16.9. The summed E-state index contributed by atoms with van der Waals surface area (Å²) in [6, 6.07) is 17.3. The Hall–Kier alpha value is -5.97. The number of rotatable bonds is 15. The summed E-state index contributed by atoms with van der Waals surface area (Å²) in [5.74, 6) is -1.40. The lowest BCUT2D eigenvalue weighted by Crippen LogP contribution is -2.36. The van der Waals surface area contributed by atoms with Gasteiger partial charge in [-0.3, -0.25) is 24.4 Å². The lowest BCUT2D eigenvalue weighted by Gasteiger charge is -2.34. The Balaban J connectivity index is 1.05. The number of ether oxygens (including phenoxy) is 2. The second kappa shape index (κ2) is 19.0. The van der Waals surface area contributed by atoms with E-state index in [0.717, 1.165) is 53.3 Å². The maximum atomic E-state index is 14.3. The highest BCUT2D eigenvalue weighted by molar-refractivity contribution is 6.36. The Morgan fingerprint density at radius 1 is 0.828 bits per heavy atom. The fourth-order valence-corrected chi connectivity index (χ4v) is 9.65. The van der Waals surface area contributed by atoms with E-state index in [9.17, 15) is 28.6 Å². The number of methoxy groups -OCH3 is 2. The van der Waals surface area contributed by atoms with Gasteiger partial charge in [-0.15, -0.1) is 0 Å². The molecule has 0 amide bonds. The zero-order valence-electron chi connectivity index (χ0n) is 36.1. The highest BCUT2D eigenvalue weighted by Gasteiger charge is 2.30. The molecule has 3 aromatic heterocycles. The Morgan fingerprint density at radius 3 is 2.02 bits per heavy atom. The number of anilines is 2. The molecule has 0 spiro atoms. The lowest BCUT2D eigenvalue weighted by molar-refractivity contribution is -0.144. The molecule has 64 heavy (non-hydrogen) atoms. The number of carboxylic acid groups (broad SMARTS) is 2. The van der Waals surface area contributed by atoms with E-state index in [0.29, 0.717) is 77.7 Å². The quantitative estimate of drug-likeness (QED) is 0.0892. The number of pyridine rings is 1. The van der Waals surface area contributed by atoms with Crippen molar-refractivity contribution in [1.82, 2.24) is 34.5 Å². The molecule has 2 aliphatic rings. The normalized spacial score (nSPS) is 19.2. The van der Waals surface area contributed by atoms with E-state index in [1.165, 1.54) is 0 Å². The van der Waals surface area contributed by atoms with Crippen molar-refractivity contribution in [2.45, 2.75) is 83.0 Å². The Bertz CT molecular complexity index is 2660. The number of alkyl halides is 2. The first-order valence-corrected chi connectivity index (χ1v) is 21.8. The topological polar surface area (TPSA) is 168 Å². The summed E-state index contributed by atoms with van der Waals surface area (Å²) in [4.78, 5) is 40.4. The van der Waals surface area contributed by atoms with Crippen LogP contribution in [0.2, 0.25) is 5.02 Å². The number of hydrogen-bond acceptors (Lipinski definition) is 11. The summed E-state index contributed by atoms with van der Waals surface area (Å²) < 4.78 is 42.2. The number of halogens is 3. The van der Waals surface area contributed by atoms with Gasteiger partial charge >= 0.3 is 11.9 Å². The van der Waals surface area contributed by atoms with E-state index in [4.69, 9.17) is 26.2 Å². The maximum Gasteiger partial charge on any atom is 0.306 e. The van der Waals surface area contributed by atoms with Gasteiger partial charge in [-0.2, -0.15) is 5.10 Å². The standard InChI is InChI=1S/C47H51ClF2N8O6/c1-56(29-15-11-27(12-16-29)46(59)60)24-26-19-37-42(51-22-26)44(55-45(54-37)43(49)50)53-36-9-5-8-33(41(36)48)32-7-6-10-38-34(32)23-52-58(38)31-20-39(63-3)35(40(21-31)64-4)25-57(2)30-17-13-28(14-18-30)47(61)62/h5-10,19-23,27-30,43H,11-18,24-25H2,1-4H3,(H,59,60)(H,61,62)(H,53,54,55). The van der Waals surface area contributed by atoms with Crippen molar-refractivity contribution in [2.24, 2.45) is 11.8 Å². The molecule has 336 valence electrons. The van der Waals surface area contributed by atoms with Crippen LogP contribution in [0, 0.1) is 11.8 Å². The van der Waals surface area contributed by atoms with E-state index < -0.39 is 24.2 Å². The molecule has 0 saturated heterocycles. The molecule has 0 bridgehead atoms. The number of fused-ring (bicyclic) bond motifs is 2. The van der Waals surface area contributed by atoms with Gasteiger partial charge in [0.25, 0.3) is 6.43 Å². The number of hydrogen-bond donors (Lipinski definition) is 3. The predicted molar refractivity (Wildman–Crippen MR) is 240 cm³/mol. The second-order valence-corrected chi connectivity index (χ2v) is 17.3. The SMILES string of the molecule is COc1cc(-n2ncc3c(-c4cccc(Nc5nc(C(F)F)nc6cc(CN(C)C7CCC(C(=O)O)CC7)cnc56)c4Cl)cccc32)cc(OC)c1CN(C)C1CCC(C(=O)O)CC1. The number of aromatic nitrogens is 5. The minimum absolute atomic E-state index is 0.0837. The highest BCUT2D eigenvalue weighted by atomic mass is 35.5. The van der Waals surface area contributed by atoms with Crippen molar-refractivity contribution < 1.29 is 38.1 Å². The van der Waals surface area contributed by atoms with Crippen LogP contribution in [0.25, 0.3) is 38.8 Å². The zero-order chi connectivity index (χ0) is 45.2. The minimum Gasteiger partial charge on any atom is -0.496 e.